The number of hydrogen-bond acceptors (Lipinski definition) is 4. The Balaban J connectivity index is 2.01. The summed E-state index contributed by atoms with van der Waals surface area (Å²) in [6, 6.07) is 1.21. The van der Waals surface area contributed by atoms with Gasteiger partial charge in [-0.2, -0.15) is 0 Å². The van der Waals surface area contributed by atoms with E-state index in [1.54, 1.807) is 5.38 Å². The largest absolute Gasteiger partial charge is 0.481 e. The minimum atomic E-state index is -3.61. The van der Waals surface area contributed by atoms with Crippen molar-refractivity contribution < 1.29 is 18.3 Å². The second-order valence-electron chi connectivity index (χ2n) is 3.88. The highest BCUT2D eigenvalue weighted by Gasteiger charge is 2.37. The van der Waals surface area contributed by atoms with E-state index < -0.39 is 21.9 Å². The molecule has 2 N–H and O–H groups in total. The van der Waals surface area contributed by atoms with Crippen molar-refractivity contribution in [2.75, 3.05) is 0 Å². The van der Waals surface area contributed by atoms with E-state index in [9.17, 15) is 13.2 Å². The van der Waals surface area contributed by atoms with E-state index in [1.807, 2.05) is 0 Å². The lowest BCUT2D eigenvalue weighted by atomic mass is 9.81. The van der Waals surface area contributed by atoms with Gasteiger partial charge >= 0.3 is 5.97 Å². The average molecular weight is 296 g/mol. The van der Waals surface area contributed by atoms with Gasteiger partial charge in [-0.3, -0.25) is 4.79 Å². The first-order valence-electron chi connectivity index (χ1n) is 4.88. The minimum absolute atomic E-state index is 0.0814. The first kappa shape index (κ1) is 12.8. The molecule has 1 saturated carbocycles. The Morgan fingerprint density at radius 2 is 2.18 bits per heavy atom. The molecule has 0 amide bonds. The summed E-state index contributed by atoms with van der Waals surface area (Å²) in [6.07, 6.45) is 0.662. The molecule has 1 aliphatic rings. The van der Waals surface area contributed by atoms with E-state index in [0.717, 1.165) is 11.3 Å². The summed E-state index contributed by atoms with van der Waals surface area (Å²) in [5, 5.41) is 10.5. The first-order valence-corrected chi connectivity index (χ1v) is 7.62. The second kappa shape index (κ2) is 4.56. The van der Waals surface area contributed by atoms with E-state index >= 15 is 0 Å². The Morgan fingerprint density at radius 1 is 1.53 bits per heavy atom. The maximum atomic E-state index is 11.9. The van der Waals surface area contributed by atoms with Crippen LogP contribution in [-0.2, 0) is 14.8 Å². The van der Waals surface area contributed by atoms with Gasteiger partial charge in [-0.1, -0.05) is 11.6 Å². The lowest BCUT2D eigenvalue weighted by molar-refractivity contribution is -0.145. The SMILES string of the molecule is O=C(O)C1CC(NS(=O)(=O)c2sccc2Cl)C1. The Kier molecular flexibility index (Phi) is 3.44. The highest BCUT2D eigenvalue weighted by atomic mass is 35.5. The van der Waals surface area contributed by atoms with Gasteiger partial charge in [-0.15, -0.1) is 11.3 Å². The van der Waals surface area contributed by atoms with Crippen molar-refractivity contribution in [1.29, 1.82) is 0 Å². The quantitative estimate of drug-likeness (QED) is 0.882. The number of halogens is 1. The fourth-order valence-corrected chi connectivity index (χ4v) is 4.63. The molecule has 1 fully saturated rings. The summed E-state index contributed by atoms with van der Waals surface area (Å²) in [6.45, 7) is 0. The van der Waals surface area contributed by atoms with E-state index in [0.29, 0.717) is 12.8 Å². The number of aliphatic carboxylic acids is 1. The number of rotatable bonds is 4. The standard InChI is InChI=1S/C9H10ClNO4S2/c10-7-1-2-16-9(7)17(14,15)11-6-3-5(4-6)8(12)13/h1-2,5-6,11H,3-4H2,(H,12,13). The number of thiophene rings is 1. The number of carbonyl (C=O) groups is 1. The van der Waals surface area contributed by atoms with Gasteiger partial charge in [0.2, 0.25) is 0 Å². The molecule has 1 heterocycles. The van der Waals surface area contributed by atoms with Gasteiger partial charge in [0.05, 0.1) is 10.9 Å². The summed E-state index contributed by atoms with van der Waals surface area (Å²) in [7, 11) is -3.61. The molecular formula is C9H10ClNO4S2. The van der Waals surface area contributed by atoms with Crippen LogP contribution in [0.5, 0.6) is 0 Å². The van der Waals surface area contributed by atoms with Crippen LogP contribution in [0.15, 0.2) is 15.7 Å². The molecule has 8 heteroatoms. The zero-order valence-electron chi connectivity index (χ0n) is 8.59. The molecule has 0 radical (unpaired) electrons. The van der Waals surface area contributed by atoms with Gasteiger partial charge in [0.1, 0.15) is 0 Å². The Labute approximate surface area is 107 Å². The van der Waals surface area contributed by atoms with Gasteiger partial charge in [-0.05, 0) is 24.3 Å². The molecule has 0 aliphatic heterocycles. The maximum Gasteiger partial charge on any atom is 0.306 e. The van der Waals surface area contributed by atoms with E-state index in [-0.39, 0.29) is 15.3 Å². The van der Waals surface area contributed by atoms with Crippen molar-refractivity contribution in [3.05, 3.63) is 16.5 Å². The fraction of sp³-hybridized carbons (Fsp3) is 0.444. The Hall–Kier alpha value is -0.630. The molecule has 2 rings (SSSR count). The van der Waals surface area contributed by atoms with Crippen molar-refractivity contribution >= 4 is 38.9 Å². The predicted molar refractivity (Wildman–Crippen MR) is 63.8 cm³/mol. The molecule has 0 unspecified atom stereocenters. The third-order valence-corrected chi connectivity index (χ3v) is 6.18. The second-order valence-corrected chi connectivity index (χ2v) is 7.11. The van der Waals surface area contributed by atoms with Crippen molar-refractivity contribution in [2.24, 2.45) is 5.92 Å². The summed E-state index contributed by atoms with van der Waals surface area (Å²) in [5.74, 6) is -1.32. The van der Waals surface area contributed by atoms with Crippen LogP contribution in [0.3, 0.4) is 0 Å². The van der Waals surface area contributed by atoms with E-state index in [1.165, 1.54) is 6.07 Å². The van der Waals surface area contributed by atoms with Gasteiger partial charge in [-0.25, -0.2) is 13.1 Å². The number of carboxylic acid groups (broad SMARTS) is 1. The third-order valence-electron chi connectivity index (χ3n) is 2.64. The van der Waals surface area contributed by atoms with E-state index in [2.05, 4.69) is 4.72 Å². The smallest absolute Gasteiger partial charge is 0.306 e. The van der Waals surface area contributed by atoms with Crippen LogP contribution in [0.4, 0.5) is 0 Å². The van der Waals surface area contributed by atoms with Gasteiger partial charge in [0.15, 0.2) is 4.21 Å². The van der Waals surface area contributed by atoms with E-state index in [4.69, 9.17) is 16.7 Å². The van der Waals surface area contributed by atoms with Gasteiger partial charge in [0, 0.05) is 6.04 Å². The summed E-state index contributed by atoms with van der Waals surface area (Å²) in [5.41, 5.74) is 0. The average Bonchev–Trinajstić information content (AvgIpc) is 2.57. The van der Waals surface area contributed by atoms with Crippen LogP contribution in [0.2, 0.25) is 5.02 Å². The summed E-state index contributed by atoms with van der Waals surface area (Å²) < 4.78 is 26.3. The van der Waals surface area contributed by atoms with Crippen LogP contribution < -0.4 is 4.72 Å². The molecule has 1 aliphatic carbocycles. The van der Waals surface area contributed by atoms with Gasteiger partial charge < -0.3 is 5.11 Å². The highest BCUT2D eigenvalue weighted by molar-refractivity contribution is 7.91. The van der Waals surface area contributed by atoms with Crippen molar-refractivity contribution in [1.82, 2.24) is 4.72 Å². The molecule has 1 aromatic rings. The molecule has 94 valence electrons. The minimum Gasteiger partial charge on any atom is -0.481 e. The molecule has 0 saturated heterocycles. The molecule has 0 aromatic carbocycles. The normalized spacial score (nSPS) is 24.3. The van der Waals surface area contributed by atoms with Crippen molar-refractivity contribution in [2.45, 2.75) is 23.1 Å². The van der Waals surface area contributed by atoms with Crippen LogP contribution >= 0.6 is 22.9 Å². The third kappa shape index (κ3) is 2.62. The fourth-order valence-electron chi connectivity index (χ4n) is 1.66. The lowest BCUT2D eigenvalue weighted by Gasteiger charge is -2.32. The molecule has 0 spiro atoms. The molecular weight excluding hydrogens is 286 g/mol. The first-order chi connectivity index (χ1) is 7.90. The molecule has 0 bridgehead atoms. The predicted octanol–water partition coefficient (Wildman–Crippen LogP) is 1.54. The summed E-state index contributed by atoms with van der Waals surface area (Å²) >= 11 is 6.79. The number of nitrogens with one attached hydrogen (secondary N) is 1. The molecule has 1 aromatic heterocycles. The van der Waals surface area contributed by atoms with Gasteiger partial charge in [0.25, 0.3) is 10.0 Å². The van der Waals surface area contributed by atoms with Crippen LogP contribution in [0, 0.1) is 5.92 Å². The zero-order valence-corrected chi connectivity index (χ0v) is 11.0. The molecule has 0 atom stereocenters. The number of carboxylic acids is 1. The monoisotopic (exact) mass is 295 g/mol. The lowest BCUT2D eigenvalue weighted by Crippen LogP contribution is -2.46. The van der Waals surface area contributed by atoms with Crippen LogP contribution in [0.25, 0.3) is 0 Å². The highest BCUT2D eigenvalue weighted by Crippen LogP contribution is 2.31. The topological polar surface area (TPSA) is 83.5 Å². The van der Waals surface area contributed by atoms with Crippen molar-refractivity contribution in [3.8, 4) is 0 Å². The summed E-state index contributed by atoms with van der Waals surface area (Å²) in [4.78, 5) is 10.6. The number of sulfonamides is 1. The van der Waals surface area contributed by atoms with Crippen LogP contribution in [0.1, 0.15) is 12.8 Å². The number of hydrogen-bond donors (Lipinski definition) is 2. The Bertz CT molecular complexity index is 533. The molecule has 5 nitrogen and oxygen atoms in total. The Morgan fingerprint density at radius 3 is 2.65 bits per heavy atom. The molecule has 17 heavy (non-hydrogen) atoms. The van der Waals surface area contributed by atoms with Crippen molar-refractivity contribution in [3.63, 3.8) is 0 Å². The maximum absolute atomic E-state index is 11.9. The zero-order chi connectivity index (χ0) is 12.6. The van der Waals surface area contributed by atoms with Crippen LogP contribution in [-0.4, -0.2) is 25.5 Å².